The highest BCUT2D eigenvalue weighted by molar-refractivity contribution is 5.70. The second-order valence-electron chi connectivity index (χ2n) is 5.46. The van der Waals surface area contributed by atoms with Crippen LogP contribution in [0.1, 0.15) is 18.1 Å². The van der Waals surface area contributed by atoms with Crippen LogP contribution in [0, 0.1) is 12.8 Å². The van der Waals surface area contributed by atoms with Gasteiger partial charge in [-0.2, -0.15) is 0 Å². The van der Waals surface area contributed by atoms with Gasteiger partial charge in [-0.3, -0.25) is 9.69 Å². The van der Waals surface area contributed by atoms with E-state index >= 15 is 0 Å². The minimum Gasteiger partial charge on any atom is -0.481 e. The minimum atomic E-state index is -0.712. The average Bonchev–Trinajstić information content (AvgIpc) is 2.55. The third kappa shape index (κ3) is 3.78. The quantitative estimate of drug-likeness (QED) is 0.866. The number of carboxylic acid groups (broad SMARTS) is 1. The Kier molecular flexibility index (Phi) is 4.56. The maximum absolute atomic E-state index is 11.2. The Balaban J connectivity index is 2.07. The van der Waals surface area contributed by atoms with E-state index in [9.17, 15) is 9.90 Å². The van der Waals surface area contributed by atoms with Crippen molar-refractivity contribution < 1.29 is 9.90 Å². The molecule has 0 bridgehead atoms. The first-order valence-electron chi connectivity index (χ1n) is 6.79. The van der Waals surface area contributed by atoms with E-state index in [1.165, 1.54) is 11.1 Å². The lowest BCUT2D eigenvalue weighted by atomic mass is 10.1. The van der Waals surface area contributed by atoms with Crippen molar-refractivity contribution >= 4 is 5.97 Å². The summed E-state index contributed by atoms with van der Waals surface area (Å²) >= 11 is 0. The third-order valence-electron chi connectivity index (χ3n) is 3.76. The highest BCUT2D eigenvalue weighted by Crippen LogP contribution is 2.14. The van der Waals surface area contributed by atoms with Gasteiger partial charge < -0.3 is 10.4 Å². The first-order chi connectivity index (χ1) is 9.06. The lowest BCUT2D eigenvalue weighted by Gasteiger charge is -2.27. The molecule has 1 aliphatic rings. The molecule has 1 aliphatic heterocycles. The molecule has 0 spiro atoms. The SMILES string of the molecule is Cc1ccc(CN2CC(C(=O)O)CNCC2C)cc1. The molecule has 2 unspecified atom stereocenters. The molecule has 4 nitrogen and oxygen atoms in total. The lowest BCUT2D eigenvalue weighted by molar-refractivity contribution is -0.142. The monoisotopic (exact) mass is 262 g/mol. The third-order valence-corrected chi connectivity index (χ3v) is 3.76. The van der Waals surface area contributed by atoms with Gasteiger partial charge in [0, 0.05) is 32.2 Å². The first kappa shape index (κ1) is 14.0. The fraction of sp³-hybridized carbons (Fsp3) is 0.533. The molecule has 0 saturated carbocycles. The molecule has 0 amide bonds. The molecular weight excluding hydrogens is 240 g/mol. The fourth-order valence-electron chi connectivity index (χ4n) is 2.44. The molecule has 1 fully saturated rings. The van der Waals surface area contributed by atoms with Crippen molar-refractivity contribution in [2.45, 2.75) is 26.4 Å². The fourth-order valence-corrected chi connectivity index (χ4v) is 2.44. The van der Waals surface area contributed by atoms with Crippen molar-refractivity contribution in [2.75, 3.05) is 19.6 Å². The van der Waals surface area contributed by atoms with Crippen LogP contribution in [-0.2, 0) is 11.3 Å². The predicted molar refractivity (Wildman–Crippen MR) is 75.0 cm³/mol. The van der Waals surface area contributed by atoms with Gasteiger partial charge in [-0.1, -0.05) is 29.8 Å². The van der Waals surface area contributed by atoms with Crippen LogP contribution >= 0.6 is 0 Å². The van der Waals surface area contributed by atoms with Crippen LogP contribution in [0.2, 0.25) is 0 Å². The highest BCUT2D eigenvalue weighted by Gasteiger charge is 2.27. The summed E-state index contributed by atoms with van der Waals surface area (Å²) in [4.78, 5) is 13.4. The van der Waals surface area contributed by atoms with Crippen LogP contribution in [0.3, 0.4) is 0 Å². The summed E-state index contributed by atoms with van der Waals surface area (Å²) in [7, 11) is 0. The summed E-state index contributed by atoms with van der Waals surface area (Å²) in [5.41, 5.74) is 2.49. The Morgan fingerprint density at radius 3 is 2.68 bits per heavy atom. The van der Waals surface area contributed by atoms with Crippen molar-refractivity contribution in [1.82, 2.24) is 10.2 Å². The first-order valence-corrected chi connectivity index (χ1v) is 6.79. The van der Waals surface area contributed by atoms with Gasteiger partial charge in [0.2, 0.25) is 0 Å². The molecule has 0 aliphatic carbocycles. The molecule has 2 N–H and O–H groups in total. The maximum atomic E-state index is 11.2. The van der Waals surface area contributed by atoms with Gasteiger partial charge in [0.1, 0.15) is 0 Å². The van der Waals surface area contributed by atoms with Gasteiger partial charge in [0.15, 0.2) is 0 Å². The molecule has 1 saturated heterocycles. The van der Waals surface area contributed by atoms with E-state index in [4.69, 9.17) is 0 Å². The van der Waals surface area contributed by atoms with E-state index in [2.05, 4.69) is 48.3 Å². The Labute approximate surface area is 114 Å². The maximum Gasteiger partial charge on any atom is 0.309 e. The zero-order valence-electron chi connectivity index (χ0n) is 11.6. The number of benzene rings is 1. The highest BCUT2D eigenvalue weighted by atomic mass is 16.4. The summed E-state index contributed by atoms with van der Waals surface area (Å²) in [6, 6.07) is 8.80. The van der Waals surface area contributed by atoms with Crippen LogP contribution in [0.25, 0.3) is 0 Å². The molecule has 0 radical (unpaired) electrons. The van der Waals surface area contributed by atoms with Gasteiger partial charge >= 0.3 is 5.97 Å². The van der Waals surface area contributed by atoms with Crippen molar-refractivity contribution in [3.05, 3.63) is 35.4 Å². The predicted octanol–water partition coefficient (Wildman–Crippen LogP) is 1.49. The van der Waals surface area contributed by atoms with E-state index in [0.717, 1.165) is 13.1 Å². The van der Waals surface area contributed by atoms with E-state index in [1.54, 1.807) is 0 Å². The number of rotatable bonds is 3. The molecule has 1 heterocycles. The molecular formula is C15H22N2O2. The number of nitrogens with one attached hydrogen (secondary N) is 1. The number of carbonyl (C=O) groups is 1. The Morgan fingerprint density at radius 2 is 2.05 bits per heavy atom. The van der Waals surface area contributed by atoms with Crippen molar-refractivity contribution in [2.24, 2.45) is 5.92 Å². The van der Waals surface area contributed by atoms with Gasteiger partial charge in [-0.25, -0.2) is 0 Å². The van der Waals surface area contributed by atoms with Crippen LogP contribution in [-0.4, -0.2) is 41.7 Å². The number of aryl methyl sites for hydroxylation is 1. The van der Waals surface area contributed by atoms with Gasteiger partial charge in [0.25, 0.3) is 0 Å². The Bertz CT molecular complexity index is 430. The molecule has 1 aromatic carbocycles. The average molecular weight is 262 g/mol. The molecule has 104 valence electrons. The number of nitrogens with zero attached hydrogens (tertiary/aromatic N) is 1. The van der Waals surface area contributed by atoms with E-state index < -0.39 is 5.97 Å². The topological polar surface area (TPSA) is 52.6 Å². The van der Waals surface area contributed by atoms with E-state index in [-0.39, 0.29) is 5.92 Å². The lowest BCUT2D eigenvalue weighted by Crippen LogP contribution is -2.38. The minimum absolute atomic E-state index is 0.324. The molecule has 2 atom stereocenters. The molecule has 2 rings (SSSR count). The van der Waals surface area contributed by atoms with Gasteiger partial charge in [0.05, 0.1) is 5.92 Å². The molecule has 19 heavy (non-hydrogen) atoms. The number of aliphatic carboxylic acids is 1. The molecule has 1 aromatic rings. The number of hydrogen-bond donors (Lipinski definition) is 2. The number of carboxylic acids is 1. The standard InChI is InChI=1S/C15H22N2O2/c1-11-3-5-13(6-4-11)9-17-10-14(15(18)19)8-16-7-12(17)2/h3-6,12,14,16H,7-10H2,1-2H3,(H,18,19). The van der Waals surface area contributed by atoms with Crippen molar-refractivity contribution in [3.8, 4) is 0 Å². The number of hydrogen-bond acceptors (Lipinski definition) is 3. The van der Waals surface area contributed by atoms with Crippen molar-refractivity contribution in [3.63, 3.8) is 0 Å². The van der Waals surface area contributed by atoms with Gasteiger partial charge in [-0.05, 0) is 19.4 Å². The summed E-state index contributed by atoms with van der Waals surface area (Å²) < 4.78 is 0. The normalized spacial score (nSPS) is 24.9. The second kappa shape index (κ2) is 6.17. The largest absolute Gasteiger partial charge is 0.481 e. The van der Waals surface area contributed by atoms with Crippen LogP contribution in [0.5, 0.6) is 0 Å². The smallest absolute Gasteiger partial charge is 0.309 e. The van der Waals surface area contributed by atoms with Crippen molar-refractivity contribution in [1.29, 1.82) is 0 Å². The van der Waals surface area contributed by atoms with Crippen LogP contribution in [0.15, 0.2) is 24.3 Å². The van der Waals surface area contributed by atoms with Crippen LogP contribution < -0.4 is 5.32 Å². The van der Waals surface area contributed by atoms with E-state index in [1.807, 2.05) is 0 Å². The Hall–Kier alpha value is -1.39. The summed E-state index contributed by atoms with van der Waals surface area (Å²) in [5, 5.41) is 12.4. The van der Waals surface area contributed by atoms with E-state index in [0.29, 0.717) is 19.1 Å². The van der Waals surface area contributed by atoms with Gasteiger partial charge in [-0.15, -0.1) is 0 Å². The summed E-state index contributed by atoms with van der Waals surface area (Å²) in [6.45, 7) is 7.04. The summed E-state index contributed by atoms with van der Waals surface area (Å²) in [6.07, 6.45) is 0. The molecule has 4 heteroatoms. The zero-order valence-corrected chi connectivity index (χ0v) is 11.6. The summed E-state index contributed by atoms with van der Waals surface area (Å²) in [5.74, 6) is -1.04. The zero-order chi connectivity index (χ0) is 13.8. The second-order valence-corrected chi connectivity index (χ2v) is 5.46. The van der Waals surface area contributed by atoms with Crippen LogP contribution in [0.4, 0.5) is 0 Å². The Morgan fingerprint density at radius 1 is 1.37 bits per heavy atom. The molecule has 0 aromatic heterocycles.